The van der Waals surface area contributed by atoms with Crippen LogP contribution in [0.1, 0.15) is 38.7 Å². The molecule has 420 valence electrons. The SMILES string of the molecule is O=C(Nc1ccccc1-c1c2nc(c(-c3ccccc3NC(=O)C(F)(F)F)c3ccc([nH]3)c(-c3ccccc3NC(=O)C(F)(F)F)c3nc(c(-c4ccccc4NC(=O)C(F)(F)F)c4ccc1[nH]4)C=C3)C=C2)c1cccc(Cn2ccnc2)c1. The third kappa shape index (κ3) is 11.3. The summed E-state index contributed by atoms with van der Waals surface area (Å²) in [7, 11) is 0. The average Bonchev–Trinajstić information content (AvgIpc) is 2.53. The van der Waals surface area contributed by atoms with E-state index in [4.69, 9.17) is 9.97 Å². The van der Waals surface area contributed by atoms with Gasteiger partial charge in [-0.3, -0.25) is 19.2 Å². The van der Waals surface area contributed by atoms with Crippen LogP contribution in [0.25, 0.3) is 90.9 Å². The predicted molar refractivity (Wildman–Crippen MR) is 300 cm³/mol. The minimum atomic E-state index is -5.34. The smallest absolute Gasteiger partial charge is 0.354 e. The van der Waals surface area contributed by atoms with Gasteiger partial charge in [0, 0.05) is 114 Å². The third-order valence-electron chi connectivity index (χ3n) is 13.4. The van der Waals surface area contributed by atoms with E-state index < -0.39 is 42.2 Å². The lowest BCUT2D eigenvalue weighted by atomic mass is 10.0. The van der Waals surface area contributed by atoms with Gasteiger partial charge in [0.25, 0.3) is 5.91 Å². The molecule has 2 aliphatic rings. The van der Waals surface area contributed by atoms with Gasteiger partial charge in [0.2, 0.25) is 0 Å². The summed E-state index contributed by atoms with van der Waals surface area (Å²) < 4.78 is 128. The summed E-state index contributed by atoms with van der Waals surface area (Å²) in [5.41, 5.74) is 2.35. The Labute approximate surface area is 468 Å². The summed E-state index contributed by atoms with van der Waals surface area (Å²) >= 11 is 0. The summed E-state index contributed by atoms with van der Waals surface area (Å²) in [6, 6.07) is 36.5. The molecular weight excluding hydrogens is 1110 g/mol. The van der Waals surface area contributed by atoms with Gasteiger partial charge in [0.15, 0.2) is 0 Å². The van der Waals surface area contributed by atoms with E-state index in [0.717, 1.165) is 5.56 Å². The summed E-state index contributed by atoms with van der Waals surface area (Å²) in [4.78, 5) is 73.1. The van der Waals surface area contributed by atoms with E-state index in [9.17, 15) is 58.7 Å². The molecule has 0 spiro atoms. The summed E-state index contributed by atoms with van der Waals surface area (Å²) in [5.74, 6) is -7.40. The topological polar surface area (TPSA) is 192 Å². The molecule has 11 rings (SSSR count). The zero-order chi connectivity index (χ0) is 59.1. The Kier molecular flexibility index (Phi) is 14.4. The Balaban J connectivity index is 1.23. The van der Waals surface area contributed by atoms with Gasteiger partial charge in [-0.05, 0) is 90.5 Å². The molecule has 0 radical (unpaired) electrons. The van der Waals surface area contributed by atoms with Crippen molar-refractivity contribution in [3.05, 3.63) is 198 Å². The first-order chi connectivity index (χ1) is 40.2. The molecule has 8 bridgehead atoms. The standard InChI is InChI=1S/C61H39F9N10O4/c62-59(63,64)56(82)77-40-17-6-2-13-36(40)52-45-22-20-43(72-45)51(35-12-1-5-16-39(35)76-55(81)34-11-9-10-33(30-34)31-80-29-28-71-32-80)44-21-23-46(73-44)53(37-14-3-7-18-41(37)78-57(83)60(65,66)67)48-25-27-50(75-48)54(49-26-24-47(52)74-49)38-15-4-8-19-42(38)79-58(84)61(68,69)70/h1-30,32,72,75H,31H2,(H,76,81)(H,77,82)(H,78,83)(H,79,84). The van der Waals surface area contributed by atoms with Crippen LogP contribution >= 0.6 is 0 Å². The Morgan fingerprint density at radius 1 is 0.429 bits per heavy atom. The molecule has 14 nitrogen and oxygen atoms in total. The number of aromatic amines is 2. The second-order valence-electron chi connectivity index (χ2n) is 18.9. The molecule has 2 aliphatic heterocycles. The van der Waals surface area contributed by atoms with Crippen LogP contribution < -0.4 is 21.3 Å². The van der Waals surface area contributed by atoms with E-state index in [2.05, 4.69) is 20.3 Å². The molecule has 5 aromatic carbocycles. The molecule has 0 fully saturated rings. The minimum Gasteiger partial charge on any atom is -0.354 e. The predicted octanol–water partition coefficient (Wildman–Crippen LogP) is 14.3. The van der Waals surface area contributed by atoms with Crippen molar-refractivity contribution in [2.24, 2.45) is 0 Å². The number of fused-ring (bicyclic) bond motifs is 8. The first kappa shape index (κ1) is 55.1. The minimum absolute atomic E-state index is 0.0117. The zero-order valence-corrected chi connectivity index (χ0v) is 42.9. The van der Waals surface area contributed by atoms with Crippen LogP contribution in [0, 0.1) is 0 Å². The number of hydrogen-bond donors (Lipinski definition) is 6. The van der Waals surface area contributed by atoms with Crippen LogP contribution in [0.2, 0.25) is 0 Å². The molecule has 6 N–H and O–H groups in total. The highest BCUT2D eigenvalue weighted by Crippen LogP contribution is 2.44. The number of amides is 4. The second-order valence-corrected chi connectivity index (χ2v) is 18.9. The van der Waals surface area contributed by atoms with Crippen molar-refractivity contribution in [2.45, 2.75) is 25.1 Å². The van der Waals surface area contributed by atoms with E-state index >= 15 is 0 Å². The lowest BCUT2D eigenvalue weighted by Crippen LogP contribution is -2.30. The second kappa shape index (κ2) is 21.9. The van der Waals surface area contributed by atoms with Gasteiger partial charge in [0.05, 0.1) is 29.1 Å². The van der Waals surface area contributed by atoms with Crippen LogP contribution in [-0.2, 0) is 20.9 Å². The molecule has 0 unspecified atom stereocenters. The Hall–Kier alpha value is -10.8. The van der Waals surface area contributed by atoms with Crippen molar-refractivity contribution in [2.75, 3.05) is 21.3 Å². The number of aromatic nitrogens is 6. The fourth-order valence-corrected chi connectivity index (χ4v) is 9.76. The highest BCUT2D eigenvalue weighted by atomic mass is 19.4. The van der Waals surface area contributed by atoms with Crippen LogP contribution in [0.15, 0.2) is 164 Å². The number of hydrogen-bond acceptors (Lipinski definition) is 7. The number of H-pyrrole nitrogens is 2. The first-order valence-electron chi connectivity index (χ1n) is 25.2. The largest absolute Gasteiger partial charge is 0.471 e. The number of alkyl halides is 9. The van der Waals surface area contributed by atoms with Crippen molar-refractivity contribution >= 4 is 92.7 Å². The normalized spacial score (nSPS) is 12.2. The van der Waals surface area contributed by atoms with Crippen LogP contribution in [-0.4, -0.2) is 71.6 Å². The molecule has 84 heavy (non-hydrogen) atoms. The average molecular weight is 1150 g/mol. The molecular formula is C61H39F9N10O4. The number of para-hydroxylation sites is 4. The van der Waals surface area contributed by atoms with Gasteiger partial charge in [-0.2, -0.15) is 39.5 Å². The lowest BCUT2D eigenvalue weighted by molar-refractivity contribution is -0.167. The molecule has 9 aromatic rings. The highest BCUT2D eigenvalue weighted by Gasteiger charge is 2.41. The van der Waals surface area contributed by atoms with Crippen molar-refractivity contribution in [3.8, 4) is 44.5 Å². The van der Waals surface area contributed by atoms with Crippen LogP contribution in [0.3, 0.4) is 0 Å². The van der Waals surface area contributed by atoms with Gasteiger partial charge in [0.1, 0.15) is 0 Å². The van der Waals surface area contributed by atoms with Gasteiger partial charge in [-0.25, -0.2) is 15.0 Å². The number of halogens is 9. The van der Waals surface area contributed by atoms with Gasteiger partial charge in [-0.15, -0.1) is 0 Å². The maximum Gasteiger partial charge on any atom is 0.471 e. The van der Waals surface area contributed by atoms with Crippen molar-refractivity contribution < 1.29 is 58.7 Å². The number of carbonyl (C=O) groups excluding carboxylic acids is 4. The Bertz CT molecular complexity index is 4300. The maximum absolute atomic E-state index is 14.3. The number of nitrogens with zero attached hydrogens (tertiary/aromatic N) is 4. The highest BCUT2D eigenvalue weighted by molar-refractivity contribution is 6.10. The quantitative estimate of drug-likeness (QED) is 0.0694. The molecule has 0 saturated carbocycles. The monoisotopic (exact) mass is 1150 g/mol. The van der Waals surface area contributed by atoms with Gasteiger partial charge in [-0.1, -0.05) is 84.9 Å². The molecule has 6 heterocycles. The number of imidazole rings is 1. The number of carbonyl (C=O) groups is 4. The van der Waals surface area contributed by atoms with Crippen molar-refractivity contribution in [1.29, 1.82) is 0 Å². The maximum atomic E-state index is 14.3. The molecule has 4 amide bonds. The molecule has 0 aliphatic carbocycles. The molecule has 4 aromatic heterocycles. The van der Waals surface area contributed by atoms with Gasteiger partial charge >= 0.3 is 36.3 Å². The van der Waals surface area contributed by atoms with E-state index in [1.807, 2.05) is 26.6 Å². The van der Waals surface area contributed by atoms with E-state index in [1.54, 1.807) is 85.5 Å². The fourth-order valence-electron chi connectivity index (χ4n) is 9.76. The molecule has 0 saturated heterocycles. The van der Waals surface area contributed by atoms with Crippen molar-refractivity contribution in [1.82, 2.24) is 29.5 Å². The lowest BCUT2D eigenvalue weighted by Gasteiger charge is -2.15. The van der Waals surface area contributed by atoms with Gasteiger partial charge < -0.3 is 35.8 Å². The third-order valence-corrected chi connectivity index (χ3v) is 13.4. The first-order valence-corrected chi connectivity index (χ1v) is 25.2. The van der Waals surface area contributed by atoms with Crippen LogP contribution in [0.4, 0.5) is 62.3 Å². The zero-order valence-electron chi connectivity index (χ0n) is 42.9. The number of nitrogens with one attached hydrogen (secondary N) is 6. The van der Waals surface area contributed by atoms with Crippen molar-refractivity contribution in [3.63, 3.8) is 0 Å². The fraction of sp³-hybridized carbons (Fsp3) is 0.0656. The number of benzene rings is 5. The molecule has 0 atom stereocenters. The van der Waals surface area contributed by atoms with Crippen LogP contribution in [0.5, 0.6) is 0 Å². The summed E-state index contributed by atoms with van der Waals surface area (Å²) in [6.07, 6.45) is -4.87. The summed E-state index contributed by atoms with van der Waals surface area (Å²) in [6.45, 7) is 0.413. The Morgan fingerprint density at radius 2 is 0.774 bits per heavy atom. The Morgan fingerprint density at radius 3 is 1.11 bits per heavy atom. The molecule has 23 heteroatoms. The van der Waals surface area contributed by atoms with E-state index in [0.29, 0.717) is 23.2 Å². The number of rotatable bonds is 11. The number of anilines is 4. The van der Waals surface area contributed by atoms with E-state index in [1.165, 1.54) is 97.1 Å². The summed E-state index contributed by atoms with van der Waals surface area (Å²) in [5, 5.41) is 8.86. The van der Waals surface area contributed by atoms with E-state index in [-0.39, 0.29) is 101 Å².